The van der Waals surface area contributed by atoms with Crippen molar-refractivity contribution in [2.45, 2.75) is 18.3 Å². The summed E-state index contributed by atoms with van der Waals surface area (Å²) >= 11 is 3.23. The lowest BCUT2D eigenvalue weighted by atomic mass is 10.2. The Labute approximate surface area is 113 Å². The van der Waals surface area contributed by atoms with Gasteiger partial charge in [-0.25, -0.2) is 9.67 Å². The Kier molecular flexibility index (Phi) is 4.09. The summed E-state index contributed by atoms with van der Waals surface area (Å²) < 4.78 is 1.73. The SMILES string of the molecule is CC(Br)C(=O)Nc1cccc(Cn2cncn2)c1. The summed E-state index contributed by atoms with van der Waals surface area (Å²) in [6.07, 6.45) is 3.16. The third-order valence-corrected chi connectivity index (χ3v) is 2.78. The number of alkyl halides is 1. The Morgan fingerprint density at radius 1 is 1.56 bits per heavy atom. The van der Waals surface area contributed by atoms with Crippen molar-refractivity contribution in [3.8, 4) is 0 Å². The lowest BCUT2D eigenvalue weighted by molar-refractivity contribution is -0.115. The molecule has 6 heteroatoms. The maximum Gasteiger partial charge on any atom is 0.237 e. The maximum absolute atomic E-state index is 11.6. The number of carbonyl (C=O) groups excluding carboxylic acids is 1. The van der Waals surface area contributed by atoms with E-state index < -0.39 is 0 Å². The van der Waals surface area contributed by atoms with E-state index in [4.69, 9.17) is 0 Å². The molecule has 0 aliphatic rings. The Hall–Kier alpha value is -1.69. The number of hydrogen-bond donors (Lipinski definition) is 1. The minimum Gasteiger partial charge on any atom is -0.325 e. The Balaban J connectivity index is 2.08. The third kappa shape index (κ3) is 3.40. The number of hydrogen-bond acceptors (Lipinski definition) is 3. The van der Waals surface area contributed by atoms with Gasteiger partial charge in [0.15, 0.2) is 0 Å². The van der Waals surface area contributed by atoms with E-state index in [1.165, 1.54) is 6.33 Å². The highest BCUT2D eigenvalue weighted by Crippen LogP contribution is 2.13. The van der Waals surface area contributed by atoms with Gasteiger partial charge in [0, 0.05) is 5.69 Å². The van der Waals surface area contributed by atoms with Crippen LogP contribution in [0, 0.1) is 0 Å². The molecule has 1 amide bonds. The molecule has 0 radical (unpaired) electrons. The molecular formula is C12H13BrN4O. The molecule has 0 spiro atoms. The number of benzene rings is 1. The molecule has 1 unspecified atom stereocenters. The molecule has 0 fully saturated rings. The molecule has 1 heterocycles. The number of nitrogens with one attached hydrogen (secondary N) is 1. The van der Waals surface area contributed by atoms with Crippen LogP contribution in [0.25, 0.3) is 0 Å². The van der Waals surface area contributed by atoms with Gasteiger partial charge < -0.3 is 5.32 Å². The highest BCUT2D eigenvalue weighted by Gasteiger charge is 2.08. The molecule has 94 valence electrons. The van der Waals surface area contributed by atoms with Crippen molar-refractivity contribution in [1.82, 2.24) is 14.8 Å². The van der Waals surface area contributed by atoms with E-state index in [1.807, 2.05) is 24.3 Å². The molecule has 0 aliphatic heterocycles. The quantitative estimate of drug-likeness (QED) is 0.879. The van der Waals surface area contributed by atoms with Crippen LogP contribution >= 0.6 is 15.9 Å². The minimum atomic E-state index is -0.212. The number of halogens is 1. The standard InChI is InChI=1S/C12H13BrN4O/c1-9(13)12(18)16-11-4-2-3-10(5-11)6-17-8-14-7-15-17/h2-5,7-9H,6H2,1H3,(H,16,18). The first kappa shape index (κ1) is 12.8. The molecular weight excluding hydrogens is 296 g/mol. The molecule has 0 saturated heterocycles. The Bertz CT molecular complexity index is 525. The zero-order chi connectivity index (χ0) is 13.0. The van der Waals surface area contributed by atoms with Gasteiger partial charge in [-0.3, -0.25) is 4.79 Å². The highest BCUT2D eigenvalue weighted by atomic mass is 79.9. The second-order valence-electron chi connectivity index (χ2n) is 3.90. The van der Waals surface area contributed by atoms with Gasteiger partial charge in [0.2, 0.25) is 5.91 Å². The molecule has 2 aromatic rings. The predicted octanol–water partition coefficient (Wildman–Crippen LogP) is 2.05. The van der Waals surface area contributed by atoms with Gasteiger partial charge in [0.25, 0.3) is 0 Å². The van der Waals surface area contributed by atoms with Crippen molar-refractivity contribution in [1.29, 1.82) is 0 Å². The normalized spacial score (nSPS) is 12.1. The zero-order valence-electron chi connectivity index (χ0n) is 9.88. The van der Waals surface area contributed by atoms with Gasteiger partial charge in [-0.05, 0) is 24.6 Å². The smallest absolute Gasteiger partial charge is 0.237 e. The van der Waals surface area contributed by atoms with Crippen LogP contribution in [0.5, 0.6) is 0 Å². The Morgan fingerprint density at radius 3 is 3.06 bits per heavy atom. The fraction of sp³-hybridized carbons (Fsp3) is 0.250. The minimum absolute atomic E-state index is 0.0621. The van der Waals surface area contributed by atoms with Gasteiger partial charge in [0.05, 0.1) is 11.4 Å². The van der Waals surface area contributed by atoms with Crippen LogP contribution < -0.4 is 5.32 Å². The van der Waals surface area contributed by atoms with Crippen LogP contribution in [-0.2, 0) is 11.3 Å². The van der Waals surface area contributed by atoms with E-state index in [0.717, 1.165) is 11.3 Å². The molecule has 5 nitrogen and oxygen atoms in total. The average Bonchev–Trinajstić information content (AvgIpc) is 2.82. The van der Waals surface area contributed by atoms with Crippen molar-refractivity contribution in [3.63, 3.8) is 0 Å². The van der Waals surface area contributed by atoms with Crippen LogP contribution in [-0.4, -0.2) is 25.5 Å². The second-order valence-corrected chi connectivity index (χ2v) is 5.27. The molecule has 0 aliphatic carbocycles. The largest absolute Gasteiger partial charge is 0.325 e. The highest BCUT2D eigenvalue weighted by molar-refractivity contribution is 9.10. The van der Waals surface area contributed by atoms with Crippen molar-refractivity contribution in [2.24, 2.45) is 0 Å². The van der Waals surface area contributed by atoms with Crippen molar-refractivity contribution in [2.75, 3.05) is 5.32 Å². The van der Waals surface area contributed by atoms with Crippen LogP contribution in [0.1, 0.15) is 12.5 Å². The molecule has 1 aromatic carbocycles. The topological polar surface area (TPSA) is 59.8 Å². The summed E-state index contributed by atoms with van der Waals surface area (Å²) in [6.45, 7) is 2.42. The van der Waals surface area contributed by atoms with E-state index in [1.54, 1.807) is 17.9 Å². The molecule has 18 heavy (non-hydrogen) atoms. The average molecular weight is 309 g/mol. The summed E-state index contributed by atoms with van der Waals surface area (Å²) in [5.41, 5.74) is 1.84. The van der Waals surface area contributed by atoms with Gasteiger partial charge in [0.1, 0.15) is 12.7 Å². The van der Waals surface area contributed by atoms with Crippen molar-refractivity contribution in [3.05, 3.63) is 42.5 Å². The van der Waals surface area contributed by atoms with Crippen LogP contribution in [0.4, 0.5) is 5.69 Å². The summed E-state index contributed by atoms with van der Waals surface area (Å²) in [4.78, 5) is 15.2. The molecule has 1 aromatic heterocycles. The number of aromatic nitrogens is 3. The van der Waals surface area contributed by atoms with Crippen molar-refractivity contribution < 1.29 is 4.79 Å². The van der Waals surface area contributed by atoms with Gasteiger partial charge >= 0.3 is 0 Å². The first-order valence-electron chi connectivity index (χ1n) is 5.51. The van der Waals surface area contributed by atoms with Gasteiger partial charge in [-0.1, -0.05) is 28.1 Å². The molecule has 0 saturated carbocycles. The lowest BCUT2D eigenvalue weighted by Gasteiger charge is -2.08. The first-order chi connectivity index (χ1) is 8.65. The second kappa shape index (κ2) is 5.77. The zero-order valence-corrected chi connectivity index (χ0v) is 11.5. The molecule has 1 atom stereocenters. The maximum atomic E-state index is 11.6. The number of nitrogens with zero attached hydrogens (tertiary/aromatic N) is 3. The van der Waals surface area contributed by atoms with E-state index in [0.29, 0.717) is 6.54 Å². The summed E-state index contributed by atoms with van der Waals surface area (Å²) in [7, 11) is 0. The van der Waals surface area contributed by atoms with E-state index >= 15 is 0 Å². The first-order valence-corrected chi connectivity index (χ1v) is 6.43. The summed E-state index contributed by atoms with van der Waals surface area (Å²) in [6, 6.07) is 7.67. The molecule has 1 N–H and O–H groups in total. The number of carbonyl (C=O) groups is 1. The van der Waals surface area contributed by atoms with Crippen molar-refractivity contribution >= 4 is 27.5 Å². The predicted molar refractivity (Wildman–Crippen MR) is 72.6 cm³/mol. The fourth-order valence-electron chi connectivity index (χ4n) is 1.49. The monoisotopic (exact) mass is 308 g/mol. The molecule has 0 bridgehead atoms. The van der Waals surface area contributed by atoms with E-state index in [9.17, 15) is 4.79 Å². The number of anilines is 1. The third-order valence-electron chi connectivity index (χ3n) is 2.37. The van der Waals surface area contributed by atoms with Crippen LogP contribution in [0.15, 0.2) is 36.9 Å². The Morgan fingerprint density at radius 2 is 2.39 bits per heavy atom. The lowest BCUT2D eigenvalue weighted by Crippen LogP contribution is -2.19. The van der Waals surface area contributed by atoms with E-state index in [2.05, 4.69) is 31.3 Å². The van der Waals surface area contributed by atoms with E-state index in [-0.39, 0.29) is 10.7 Å². The van der Waals surface area contributed by atoms with Gasteiger partial charge in [-0.2, -0.15) is 5.10 Å². The summed E-state index contributed by atoms with van der Waals surface area (Å²) in [5, 5.41) is 6.87. The van der Waals surface area contributed by atoms with Crippen LogP contribution in [0.3, 0.4) is 0 Å². The van der Waals surface area contributed by atoms with Crippen LogP contribution in [0.2, 0.25) is 0 Å². The summed E-state index contributed by atoms with van der Waals surface area (Å²) in [5.74, 6) is -0.0621. The fourth-order valence-corrected chi connectivity index (χ4v) is 1.61. The molecule has 2 rings (SSSR count). The van der Waals surface area contributed by atoms with Gasteiger partial charge in [-0.15, -0.1) is 0 Å². The number of amides is 1. The number of rotatable bonds is 4.